The third kappa shape index (κ3) is 2.85. The van der Waals surface area contributed by atoms with E-state index in [0.29, 0.717) is 34.1 Å². The van der Waals surface area contributed by atoms with Crippen LogP contribution in [-0.2, 0) is 0 Å². The van der Waals surface area contributed by atoms with Gasteiger partial charge in [0.15, 0.2) is 5.78 Å². The fourth-order valence-electron chi connectivity index (χ4n) is 3.61. The van der Waals surface area contributed by atoms with Crippen LogP contribution in [0.4, 0.5) is 0 Å². The number of Topliss-reactive ketones (excluding diaryl/α,β-unsaturated/α-hetero) is 1. The summed E-state index contributed by atoms with van der Waals surface area (Å²) in [5, 5.41) is 1.93. The van der Waals surface area contributed by atoms with Crippen molar-refractivity contribution in [1.82, 2.24) is 0 Å². The van der Waals surface area contributed by atoms with Crippen LogP contribution in [0.1, 0.15) is 28.4 Å². The van der Waals surface area contributed by atoms with Crippen molar-refractivity contribution in [2.45, 2.75) is 12.5 Å². The lowest BCUT2D eigenvalue weighted by molar-refractivity contribution is 0.0846. The number of ether oxygens (including phenoxy) is 4. The van der Waals surface area contributed by atoms with E-state index in [2.05, 4.69) is 0 Å². The molecule has 0 saturated carbocycles. The lowest BCUT2D eigenvalue weighted by Crippen LogP contribution is -2.21. The molecule has 0 saturated heterocycles. The van der Waals surface area contributed by atoms with Gasteiger partial charge in [-0.05, 0) is 16.8 Å². The smallest absolute Gasteiger partial charge is 0.171 e. The van der Waals surface area contributed by atoms with E-state index in [0.717, 1.165) is 10.8 Å². The molecule has 0 fully saturated rings. The molecule has 0 radical (unpaired) electrons. The summed E-state index contributed by atoms with van der Waals surface area (Å²) in [6, 6.07) is 15.2. The van der Waals surface area contributed by atoms with Crippen LogP contribution < -0.4 is 18.9 Å². The normalized spacial score (nSPS) is 15.8. The van der Waals surface area contributed by atoms with Crippen LogP contribution in [0.3, 0.4) is 0 Å². The number of methoxy groups -OCH3 is 3. The maximum Gasteiger partial charge on any atom is 0.171 e. The molecule has 5 heteroatoms. The molecular weight excluding hydrogens is 344 g/mol. The number of carbonyl (C=O) groups is 1. The molecule has 0 bridgehead atoms. The average Bonchev–Trinajstić information content (AvgIpc) is 2.71. The summed E-state index contributed by atoms with van der Waals surface area (Å²) >= 11 is 0. The number of benzene rings is 3. The van der Waals surface area contributed by atoms with Gasteiger partial charge in [-0.3, -0.25) is 4.79 Å². The van der Waals surface area contributed by atoms with Crippen molar-refractivity contribution in [2.75, 3.05) is 21.3 Å². The molecule has 1 aliphatic heterocycles. The summed E-state index contributed by atoms with van der Waals surface area (Å²) in [6.07, 6.45) is -0.290. The van der Waals surface area contributed by atoms with Crippen molar-refractivity contribution in [3.63, 3.8) is 0 Å². The van der Waals surface area contributed by atoms with Gasteiger partial charge in [-0.2, -0.15) is 0 Å². The van der Waals surface area contributed by atoms with Gasteiger partial charge in [0.25, 0.3) is 0 Å². The Morgan fingerprint density at radius 1 is 0.926 bits per heavy atom. The number of rotatable bonds is 4. The summed E-state index contributed by atoms with van der Waals surface area (Å²) in [4.78, 5) is 13.0. The zero-order valence-electron chi connectivity index (χ0n) is 15.4. The summed E-state index contributed by atoms with van der Waals surface area (Å²) in [5.41, 5.74) is 1.34. The molecule has 3 aromatic carbocycles. The Morgan fingerprint density at radius 3 is 2.30 bits per heavy atom. The Morgan fingerprint density at radius 2 is 1.63 bits per heavy atom. The molecule has 1 atom stereocenters. The fraction of sp³-hybridized carbons (Fsp3) is 0.227. The van der Waals surface area contributed by atoms with E-state index < -0.39 is 6.10 Å². The standard InChI is InChI=1S/C22H20O5/c1-24-14-10-18(25-2)22(19(11-14)26-3)20-12-16(23)21-15-7-5-4-6-13(15)8-9-17(21)27-20/h4-11,20H,12H2,1-3H3. The molecule has 0 aromatic heterocycles. The van der Waals surface area contributed by atoms with Gasteiger partial charge in [0.05, 0.1) is 38.9 Å². The van der Waals surface area contributed by atoms with E-state index in [1.54, 1.807) is 33.5 Å². The molecule has 0 aliphatic carbocycles. The molecule has 1 aliphatic rings. The lowest BCUT2D eigenvalue weighted by atomic mass is 9.91. The predicted molar refractivity (Wildman–Crippen MR) is 102 cm³/mol. The summed E-state index contributed by atoms with van der Waals surface area (Å²) < 4.78 is 22.6. The third-order valence-corrected chi connectivity index (χ3v) is 4.88. The van der Waals surface area contributed by atoms with Crippen molar-refractivity contribution < 1.29 is 23.7 Å². The van der Waals surface area contributed by atoms with Gasteiger partial charge >= 0.3 is 0 Å². The summed E-state index contributed by atoms with van der Waals surface area (Å²) in [5.74, 6) is 2.36. The Labute approximate surface area is 157 Å². The molecule has 27 heavy (non-hydrogen) atoms. The first-order valence-electron chi connectivity index (χ1n) is 8.67. The number of fused-ring (bicyclic) bond motifs is 3. The van der Waals surface area contributed by atoms with E-state index in [1.807, 2.05) is 36.4 Å². The van der Waals surface area contributed by atoms with Gasteiger partial charge in [-0.15, -0.1) is 0 Å². The highest BCUT2D eigenvalue weighted by atomic mass is 16.5. The molecule has 5 nitrogen and oxygen atoms in total. The topological polar surface area (TPSA) is 54.0 Å². The predicted octanol–water partition coefficient (Wildman–Crippen LogP) is 4.57. The molecule has 4 rings (SSSR count). The van der Waals surface area contributed by atoms with Gasteiger partial charge < -0.3 is 18.9 Å². The van der Waals surface area contributed by atoms with Crippen LogP contribution in [0.5, 0.6) is 23.0 Å². The van der Waals surface area contributed by atoms with Crippen LogP contribution in [0, 0.1) is 0 Å². The zero-order valence-corrected chi connectivity index (χ0v) is 15.4. The molecular formula is C22H20O5. The molecule has 1 heterocycles. The largest absolute Gasteiger partial charge is 0.496 e. The molecule has 0 spiro atoms. The number of hydrogen-bond donors (Lipinski definition) is 0. The van der Waals surface area contributed by atoms with Crippen molar-refractivity contribution >= 4 is 16.6 Å². The minimum Gasteiger partial charge on any atom is -0.496 e. The molecule has 3 aromatic rings. The number of carbonyl (C=O) groups excluding carboxylic acids is 1. The third-order valence-electron chi connectivity index (χ3n) is 4.88. The first-order chi connectivity index (χ1) is 13.2. The minimum atomic E-state index is -0.498. The SMILES string of the molecule is COc1cc(OC)c(C2CC(=O)c3c(ccc4ccccc34)O2)c(OC)c1. The van der Waals surface area contributed by atoms with Crippen molar-refractivity contribution in [3.05, 3.63) is 59.7 Å². The van der Waals surface area contributed by atoms with E-state index in [9.17, 15) is 4.79 Å². The van der Waals surface area contributed by atoms with Crippen molar-refractivity contribution in [3.8, 4) is 23.0 Å². The highest BCUT2D eigenvalue weighted by molar-refractivity contribution is 6.11. The summed E-state index contributed by atoms with van der Waals surface area (Å²) in [7, 11) is 4.73. The number of hydrogen-bond acceptors (Lipinski definition) is 5. The van der Waals surface area contributed by atoms with E-state index in [-0.39, 0.29) is 12.2 Å². The average molecular weight is 364 g/mol. The highest BCUT2D eigenvalue weighted by Gasteiger charge is 2.33. The maximum absolute atomic E-state index is 13.0. The second-order valence-electron chi connectivity index (χ2n) is 6.34. The Kier molecular flexibility index (Phi) is 4.36. The van der Waals surface area contributed by atoms with Crippen molar-refractivity contribution in [2.24, 2.45) is 0 Å². The second-order valence-corrected chi connectivity index (χ2v) is 6.34. The molecule has 0 amide bonds. The van der Waals surface area contributed by atoms with Gasteiger partial charge in [0, 0.05) is 12.1 Å². The van der Waals surface area contributed by atoms with Gasteiger partial charge in [-0.1, -0.05) is 30.3 Å². The monoisotopic (exact) mass is 364 g/mol. The summed E-state index contributed by atoms with van der Waals surface area (Å²) in [6.45, 7) is 0. The molecule has 1 unspecified atom stereocenters. The zero-order chi connectivity index (χ0) is 19.0. The fourth-order valence-corrected chi connectivity index (χ4v) is 3.61. The van der Waals surface area contributed by atoms with Crippen LogP contribution in [0.15, 0.2) is 48.5 Å². The molecule has 138 valence electrons. The number of ketones is 1. The molecule has 0 N–H and O–H groups in total. The first kappa shape index (κ1) is 17.2. The minimum absolute atomic E-state index is 0.0398. The quantitative estimate of drug-likeness (QED) is 0.679. The highest BCUT2D eigenvalue weighted by Crippen LogP contribution is 2.45. The van der Waals surface area contributed by atoms with Gasteiger partial charge in [-0.25, -0.2) is 0 Å². The van der Waals surface area contributed by atoms with Crippen LogP contribution in [-0.4, -0.2) is 27.1 Å². The van der Waals surface area contributed by atoms with E-state index in [1.165, 1.54) is 0 Å². The Bertz CT molecular complexity index is 999. The van der Waals surface area contributed by atoms with Gasteiger partial charge in [0.1, 0.15) is 29.1 Å². The van der Waals surface area contributed by atoms with Crippen LogP contribution >= 0.6 is 0 Å². The van der Waals surface area contributed by atoms with E-state index in [4.69, 9.17) is 18.9 Å². The Hall–Kier alpha value is -3.21. The maximum atomic E-state index is 13.0. The van der Waals surface area contributed by atoms with Crippen LogP contribution in [0.2, 0.25) is 0 Å². The first-order valence-corrected chi connectivity index (χ1v) is 8.67. The van der Waals surface area contributed by atoms with Crippen LogP contribution in [0.25, 0.3) is 10.8 Å². The van der Waals surface area contributed by atoms with E-state index >= 15 is 0 Å². The Balaban J connectivity index is 1.83. The second kappa shape index (κ2) is 6.83. The van der Waals surface area contributed by atoms with Gasteiger partial charge in [0.2, 0.25) is 0 Å². The van der Waals surface area contributed by atoms with Crippen molar-refractivity contribution in [1.29, 1.82) is 0 Å². The lowest BCUT2D eigenvalue weighted by Gasteiger charge is -2.28.